The van der Waals surface area contributed by atoms with E-state index in [2.05, 4.69) is 11.4 Å². The molecule has 1 unspecified atom stereocenters. The molecule has 5 heteroatoms. The van der Waals surface area contributed by atoms with Crippen molar-refractivity contribution in [3.05, 3.63) is 0 Å². The average molecular weight is 365 g/mol. The second kappa shape index (κ2) is 15.4. The molecule has 1 atom stereocenters. The van der Waals surface area contributed by atoms with Crippen molar-refractivity contribution >= 4 is 8.25 Å². The molecule has 0 aromatic carbocycles. The van der Waals surface area contributed by atoms with Crippen LogP contribution in [0, 0.1) is 40.8 Å². The van der Waals surface area contributed by atoms with Gasteiger partial charge in [0, 0.05) is 45.4 Å². The van der Waals surface area contributed by atoms with Crippen molar-refractivity contribution < 1.29 is 54.8 Å². The Morgan fingerprint density at radius 1 is 1.00 bits per heavy atom. The van der Waals surface area contributed by atoms with Gasteiger partial charge in [-0.25, -0.2) is 0 Å². The van der Waals surface area contributed by atoms with Crippen LogP contribution in [0.25, 0.3) is 0 Å². The van der Waals surface area contributed by atoms with Crippen LogP contribution in [0.1, 0.15) is 58.3 Å². The first-order valence-corrected chi connectivity index (χ1v) is 6.69. The quantitative estimate of drug-likeness (QED) is 0.473. The summed E-state index contributed by atoms with van der Waals surface area (Å²) in [5, 5.41) is 0. The van der Waals surface area contributed by atoms with Gasteiger partial charge in [-0.05, 0) is 6.42 Å². The number of hydrogen-bond acceptors (Lipinski definition) is 2. The molecule has 0 aromatic rings. The second-order valence-electron chi connectivity index (χ2n) is 3.55. The molecule has 88 valence electrons. The Labute approximate surface area is 127 Å². The molecule has 3 nitrogen and oxygen atoms in total. The van der Waals surface area contributed by atoms with Crippen LogP contribution in [0.3, 0.4) is 0 Å². The largest absolute Gasteiger partial charge is 0.694 e. The Hall–Kier alpha value is 1.37. The van der Waals surface area contributed by atoms with E-state index in [1.54, 1.807) is 0 Å². The summed E-state index contributed by atoms with van der Waals surface area (Å²) in [6.07, 6.45) is 9.80. The third-order valence-corrected chi connectivity index (χ3v) is 2.60. The Bertz CT molecular complexity index is 145. The molecular weight excluding hydrogens is 343 g/mol. The van der Waals surface area contributed by atoms with Gasteiger partial charge in [0.2, 0.25) is 0 Å². The van der Waals surface area contributed by atoms with Crippen LogP contribution >= 0.6 is 8.25 Å². The van der Waals surface area contributed by atoms with Crippen LogP contribution in [0.5, 0.6) is 0 Å². The number of hydrogen-bond donors (Lipinski definition) is 1. The zero-order chi connectivity index (χ0) is 10.6. The van der Waals surface area contributed by atoms with Gasteiger partial charge in [0.15, 0.2) is 0 Å². The maximum absolute atomic E-state index is 10.1. The monoisotopic (exact) mass is 363 g/mol. The number of rotatable bonds is 10. The van der Waals surface area contributed by atoms with Crippen molar-refractivity contribution in [1.29, 1.82) is 0 Å². The predicted octanol–water partition coefficient (Wildman–Crippen LogP) is 3.79. The van der Waals surface area contributed by atoms with Crippen molar-refractivity contribution in [2.45, 2.75) is 58.3 Å². The third kappa shape index (κ3) is 18.0. The van der Waals surface area contributed by atoms with Crippen molar-refractivity contribution in [3.63, 3.8) is 0 Å². The minimum Gasteiger partial charge on any atom is -0.133 e. The van der Waals surface area contributed by atoms with Gasteiger partial charge < -0.3 is 0 Å². The van der Waals surface area contributed by atoms with E-state index in [4.69, 9.17) is 4.89 Å². The van der Waals surface area contributed by atoms with Crippen molar-refractivity contribution in [2.24, 2.45) is 0 Å². The van der Waals surface area contributed by atoms with Gasteiger partial charge in [0.05, 0.1) is 0 Å². The summed E-state index contributed by atoms with van der Waals surface area (Å²) in [6.45, 7) is 2.63. The minimum atomic E-state index is -2.38. The van der Waals surface area contributed by atoms with E-state index in [1.165, 1.54) is 38.5 Å². The van der Waals surface area contributed by atoms with E-state index in [9.17, 15) is 4.57 Å². The summed E-state index contributed by atoms with van der Waals surface area (Å²) >= 11 is 0. The fraction of sp³-hybridized carbons (Fsp3) is 1.00. The van der Waals surface area contributed by atoms with Gasteiger partial charge in [-0.2, -0.15) is 0 Å². The van der Waals surface area contributed by atoms with Gasteiger partial charge >= 0.3 is 8.25 Å². The molecule has 0 spiro atoms. The Morgan fingerprint density at radius 2 is 1.47 bits per heavy atom. The fourth-order valence-electron chi connectivity index (χ4n) is 1.38. The molecule has 0 aliphatic heterocycles. The van der Waals surface area contributed by atoms with Gasteiger partial charge in [0.25, 0.3) is 0 Å². The Kier molecular flexibility index (Phi) is 19.2. The van der Waals surface area contributed by atoms with Gasteiger partial charge in [-0.3, -0.25) is 0 Å². The predicted molar refractivity (Wildman–Crippen MR) is 58.4 cm³/mol. The van der Waals surface area contributed by atoms with Crippen LogP contribution in [0.15, 0.2) is 0 Å². The number of unbranched alkanes of at least 4 members (excludes halogenated alkanes) is 7. The van der Waals surface area contributed by atoms with E-state index in [0.29, 0.717) is 6.61 Å². The Morgan fingerprint density at radius 3 is 1.93 bits per heavy atom. The second-order valence-corrected chi connectivity index (χ2v) is 4.28. The molecular formula is C10H22NdO3P+. The molecule has 0 saturated carbocycles. The van der Waals surface area contributed by atoms with Gasteiger partial charge in [-0.1, -0.05) is 51.9 Å². The molecule has 0 bridgehead atoms. The maximum Gasteiger partial charge on any atom is 0.694 e. The molecule has 15 heavy (non-hydrogen) atoms. The zero-order valence-corrected chi connectivity index (χ0v) is 13.7. The van der Waals surface area contributed by atoms with E-state index in [1.807, 2.05) is 0 Å². The smallest absolute Gasteiger partial charge is 0.133 e. The first-order valence-electron chi connectivity index (χ1n) is 5.56. The van der Waals surface area contributed by atoms with Crippen LogP contribution in [0.2, 0.25) is 0 Å². The summed E-state index contributed by atoms with van der Waals surface area (Å²) in [7, 11) is -2.38. The van der Waals surface area contributed by atoms with Crippen LogP contribution in [0.4, 0.5) is 0 Å². The summed E-state index contributed by atoms with van der Waals surface area (Å²) in [5.41, 5.74) is 0. The van der Waals surface area contributed by atoms with Crippen molar-refractivity contribution in [3.8, 4) is 0 Å². The third-order valence-electron chi connectivity index (χ3n) is 2.20. The van der Waals surface area contributed by atoms with E-state index >= 15 is 0 Å². The molecule has 0 aliphatic carbocycles. The van der Waals surface area contributed by atoms with E-state index in [0.717, 1.165) is 12.8 Å². The summed E-state index contributed by atoms with van der Waals surface area (Å²) < 4.78 is 14.7. The summed E-state index contributed by atoms with van der Waals surface area (Å²) in [6, 6.07) is 0. The molecule has 0 radical (unpaired) electrons. The molecule has 0 amide bonds. The molecule has 1 N–H and O–H groups in total. The van der Waals surface area contributed by atoms with Crippen molar-refractivity contribution in [2.75, 3.05) is 6.61 Å². The molecule has 0 heterocycles. The SMILES string of the molecule is CCCCCCCCCCO[P+](=O)O.[Nd]. The minimum absolute atomic E-state index is 0. The Balaban J connectivity index is 0. The average Bonchev–Trinajstić information content (AvgIpc) is 2.15. The zero-order valence-electron chi connectivity index (χ0n) is 9.57. The molecule has 0 aliphatic rings. The van der Waals surface area contributed by atoms with Crippen LogP contribution < -0.4 is 0 Å². The van der Waals surface area contributed by atoms with Gasteiger partial charge in [-0.15, -0.1) is 9.42 Å². The molecule has 0 fully saturated rings. The maximum atomic E-state index is 10.1. The molecule has 0 saturated heterocycles. The van der Waals surface area contributed by atoms with Gasteiger partial charge in [0.1, 0.15) is 6.61 Å². The topological polar surface area (TPSA) is 46.5 Å². The molecule has 0 aromatic heterocycles. The van der Waals surface area contributed by atoms with Crippen molar-refractivity contribution in [1.82, 2.24) is 0 Å². The molecule has 0 rings (SSSR count). The summed E-state index contributed by atoms with van der Waals surface area (Å²) in [5.74, 6) is 0. The van der Waals surface area contributed by atoms with Crippen LogP contribution in [-0.2, 0) is 9.09 Å². The normalized spacial score (nSPS) is 10.9. The van der Waals surface area contributed by atoms with Crippen LogP contribution in [-0.4, -0.2) is 11.5 Å². The standard InChI is InChI=1S/C10H21O3P.Nd/c1-2-3-4-5-6-7-8-9-10-13-14(11)12;/h2-10H2,1H3;/p+1. The fourth-order valence-corrected chi connectivity index (χ4v) is 1.66. The van der Waals surface area contributed by atoms with E-state index in [-0.39, 0.29) is 40.8 Å². The first-order chi connectivity index (χ1) is 6.77. The summed E-state index contributed by atoms with van der Waals surface area (Å²) in [4.78, 5) is 8.34. The first kappa shape index (κ1) is 18.7. The van der Waals surface area contributed by atoms with E-state index < -0.39 is 8.25 Å².